The Morgan fingerprint density at radius 1 is 1.35 bits per heavy atom. The highest BCUT2D eigenvalue weighted by Gasteiger charge is 2.40. The van der Waals surface area contributed by atoms with Crippen molar-refractivity contribution in [1.82, 2.24) is 0 Å². The van der Waals surface area contributed by atoms with Gasteiger partial charge in [0.25, 0.3) is 0 Å². The number of rotatable bonds is 4. The third kappa shape index (κ3) is 2.86. The number of aliphatic hydroxyl groups is 1. The van der Waals surface area contributed by atoms with Crippen molar-refractivity contribution in [2.24, 2.45) is 11.7 Å². The predicted octanol–water partition coefficient (Wildman–Crippen LogP) is 1.42. The molecular formula is C12H19NO3S. The molecule has 1 unspecified atom stereocenters. The molecule has 0 aromatic heterocycles. The van der Waals surface area contributed by atoms with Crippen molar-refractivity contribution >= 4 is 9.84 Å². The maximum absolute atomic E-state index is 12.2. The first-order chi connectivity index (χ1) is 7.68. The van der Waals surface area contributed by atoms with Crippen molar-refractivity contribution < 1.29 is 13.5 Å². The lowest BCUT2D eigenvalue weighted by Crippen LogP contribution is -2.48. The normalized spacial score (nSPS) is 15.9. The molecule has 1 rings (SSSR count). The molecule has 17 heavy (non-hydrogen) atoms. The van der Waals surface area contributed by atoms with Crippen LogP contribution in [0.1, 0.15) is 25.8 Å². The van der Waals surface area contributed by atoms with Gasteiger partial charge in [0.1, 0.15) is 0 Å². The summed E-state index contributed by atoms with van der Waals surface area (Å²) in [5, 5.41) is 7.77. The molecule has 0 aliphatic rings. The second-order valence-corrected chi connectivity index (χ2v) is 6.87. The van der Waals surface area contributed by atoms with E-state index in [-0.39, 0.29) is 17.2 Å². The predicted molar refractivity (Wildman–Crippen MR) is 67.0 cm³/mol. The third-order valence-corrected chi connectivity index (χ3v) is 4.68. The van der Waals surface area contributed by atoms with Gasteiger partial charge in [0.05, 0.1) is 4.90 Å². The lowest BCUT2D eigenvalue weighted by atomic mass is 10.1. The molecule has 0 spiro atoms. The van der Waals surface area contributed by atoms with Crippen LogP contribution in [0.5, 0.6) is 0 Å². The summed E-state index contributed by atoms with van der Waals surface area (Å²) in [5.41, 5.74) is 6.15. The van der Waals surface area contributed by atoms with Crippen molar-refractivity contribution in [3.05, 3.63) is 29.8 Å². The van der Waals surface area contributed by atoms with Gasteiger partial charge in [-0.3, -0.25) is 5.73 Å². The fourth-order valence-corrected chi connectivity index (χ4v) is 3.43. The Labute approximate surface area is 102 Å². The molecule has 0 aliphatic carbocycles. The molecule has 0 radical (unpaired) electrons. The number of benzene rings is 1. The fourth-order valence-electron chi connectivity index (χ4n) is 1.74. The highest BCUT2D eigenvalue weighted by atomic mass is 32.2. The van der Waals surface area contributed by atoms with Crippen molar-refractivity contribution in [2.45, 2.75) is 37.1 Å². The van der Waals surface area contributed by atoms with E-state index >= 15 is 0 Å². The van der Waals surface area contributed by atoms with Gasteiger partial charge in [-0.1, -0.05) is 32.0 Å². The average molecular weight is 257 g/mol. The van der Waals surface area contributed by atoms with Gasteiger partial charge in [-0.05, 0) is 24.5 Å². The van der Waals surface area contributed by atoms with E-state index in [2.05, 4.69) is 0 Å². The lowest BCUT2D eigenvalue weighted by molar-refractivity contribution is 0.107. The molecular weight excluding hydrogens is 238 g/mol. The number of aryl methyl sites for hydroxylation is 1. The molecule has 1 atom stereocenters. The third-order valence-electron chi connectivity index (χ3n) is 2.55. The Bertz CT molecular complexity index is 492. The van der Waals surface area contributed by atoms with E-state index in [0.29, 0.717) is 5.56 Å². The standard InChI is InChI=1S/C12H19NO3S/c1-9(2)8-12(13,14)17(15,16)11-7-5-4-6-10(11)3/h4-7,9,14H,8,13H2,1-3H3. The van der Waals surface area contributed by atoms with Crippen LogP contribution in [0.15, 0.2) is 29.2 Å². The molecule has 5 heteroatoms. The number of sulfone groups is 1. The molecule has 0 fully saturated rings. The zero-order valence-corrected chi connectivity index (χ0v) is 11.2. The molecule has 0 saturated carbocycles. The monoisotopic (exact) mass is 257 g/mol. The summed E-state index contributed by atoms with van der Waals surface area (Å²) in [6.07, 6.45) is 0.00364. The summed E-state index contributed by atoms with van der Waals surface area (Å²) in [6, 6.07) is 6.50. The maximum Gasteiger partial charge on any atom is 0.222 e. The summed E-state index contributed by atoms with van der Waals surface area (Å²) >= 11 is 0. The largest absolute Gasteiger partial charge is 0.363 e. The van der Waals surface area contributed by atoms with Crippen molar-refractivity contribution in [2.75, 3.05) is 0 Å². The van der Waals surface area contributed by atoms with Gasteiger partial charge in [-0.25, -0.2) is 8.42 Å². The van der Waals surface area contributed by atoms with Gasteiger partial charge in [-0.2, -0.15) is 0 Å². The van der Waals surface area contributed by atoms with Crippen LogP contribution in [-0.4, -0.2) is 18.6 Å². The molecule has 0 heterocycles. The lowest BCUT2D eigenvalue weighted by Gasteiger charge is -2.25. The molecule has 1 aromatic carbocycles. The van der Waals surface area contributed by atoms with Crippen LogP contribution in [0, 0.1) is 12.8 Å². The minimum atomic E-state index is -3.93. The topological polar surface area (TPSA) is 80.4 Å². The minimum absolute atomic E-state index is 0.00364. The van der Waals surface area contributed by atoms with Gasteiger partial charge in [-0.15, -0.1) is 0 Å². The van der Waals surface area contributed by atoms with E-state index in [0.717, 1.165) is 0 Å². The van der Waals surface area contributed by atoms with Crippen LogP contribution >= 0.6 is 0 Å². The Hall–Kier alpha value is -0.910. The fraction of sp³-hybridized carbons (Fsp3) is 0.500. The van der Waals surface area contributed by atoms with Crippen LogP contribution in [0.2, 0.25) is 0 Å². The summed E-state index contributed by atoms with van der Waals surface area (Å²) in [5.74, 6) is -0.0104. The van der Waals surface area contributed by atoms with Gasteiger partial charge < -0.3 is 5.11 Å². The molecule has 96 valence electrons. The van der Waals surface area contributed by atoms with Gasteiger partial charge in [0.2, 0.25) is 14.9 Å². The summed E-state index contributed by atoms with van der Waals surface area (Å²) in [6.45, 7) is 5.30. The number of hydrogen-bond acceptors (Lipinski definition) is 4. The molecule has 0 amide bonds. The summed E-state index contributed by atoms with van der Waals surface area (Å²) in [4.78, 5) is 0.0886. The first-order valence-electron chi connectivity index (χ1n) is 5.50. The first kappa shape index (κ1) is 14.2. The molecule has 0 bridgehead atoms. The van der Waals surface area contributed by atoms with E-state index in [1.54, 1.807) is 25.1 Å². The van der Waals surface area contributed by atoms with E-state index in [1.807, 2.05) is 13.8 Å². The number of nitrogens with two attached hydrogens (primary N) is 1. The van der Waals surface area contributed by atoms with Crippen molar-refractivity contribution in [1.29, 1.82) is 0 Å². The summed E-state index contributed by atoms with van der Waals surface area (Å²) < 4.78 is 24.5. The van der Waals surface area contributed by atoms with Gasteiger partial charge >= 0.3 is 0 Å². The molecule has 0 aliphatic heterocycles. The Morgan fingerprint density at radius 2 is 1.88 bits per heavy atom. The van der Waals surface area contributed by atoms with E-state index in [1.165, 1.54) is 6.07 Å². The zero-order valence-electron chi connectivity index (χ0n) is 10.3. The Balaban J connectivity index is 3.25. The Kier molecular flexibility index (Phi) is 3.96. The average Bonchev–Trinajstić information content (AvgIpc) is 2.15. The molecule has 0 saturated heterocycles. The molecule has 3 N–H and O–H groups in total. The minimum Gasteiger partial charge on any atom is -0.363 e. The summed E-state index contributed by atoms with van der Waals surface area (Å²) in [7, 11) is -3.93. The van der Waals surface area contributed by atoms with Gasteiger partial charge in [0, 0.05) is 6.42 Å². The second kappa shape index (κ2) is 4.76. The van der Waals surface area contributed by atoms with Gasteiger partial charge in [0.15, 0.2) is 0 Å². The van der Waals surface area contributed by atoms with Crippen LogP contribution in [0.25, 0.3) is 0 Å². The van der Waals surface area contributed by atoms with E-state index in [4.69, 9.17) is 5.73 Å². The SMILES string of the molecule is Cc1ccccc1S(=O)(=O)C(N)(O)CC(C)C. The van der Waals surface area contributed by atoms with Crippen molar-refractivity contribution in [3.63, 3.8) is 0 Å². The van der Waals surface area contributed by atoms with Crippen LogP contribution in [0.4, 0.5) is 0 Å². The van der Waals surface area contributed by atoms with E-state index in [9.17, 15) is 13.5 Å². The smallest absolute Gasteiger partial charge is 0.222 e. The van der Waals surface area contributed by atoms with Crippen LogP contribution in [0.3, 0.4) is 0 Å². The molecule has 1 aromatic rings. The Morgan fingerprint density at radius 3 is 2.35 bits per heavy atom. The maximum atomic E-state index is 12.2. The van der Waals surface area contributed by atoms with Crippen LogP contribution < -0.4 is 5.73 Å². The first-order valence-corrected chi connectivity index (χ1v) is 6.98. The van der Waals surface area contributed by atoms with Crippen LogP contribution in [-0.2, 0) is 9.84 Å². The number of hydrogen-bond donors (Lipinski definition) is 2. The zero-order chi connectivity index (χ0) is 13.3. The van der Waals surface area contributed by atoms with E-state index < -0.39 is 14.9 Å². The van der Waals surface area contributed by atoms with Crippen molar-refractivity contribution in [3.8, 4) is 0 Å². The molecule has 4 nitrogen and oxygen atoms in total. The highest BCUT2D eigenvalue weighted by Crippen LogP contribution is 2.27. The second-order valence-electron chi connectivity index (χ2n) is 4.71. The quantitative estimate of drug-likeness (QED) is 0.799. The highest BCUT2D eigenvalue weighted by molar-refractivity contribution is 7.92.